The van der Waals surface area contributed by atoms with Crippen molar-refractivity contribution in [1.29, 1.82) is 0 Å². The molecule has 0 amide bonds. The summed E-state index contributed by atoms with van der Waals surface area (Å²) in [6.45, 7) is 0. The van der Waals surface area contributed by atoms with Crippen molar-refractivity contribution in [1.82, 2.24) is 10.2 Å². The first-order valence-corrected chi connectivity index (χ1v) is 3.51. The Balaban J connectivity index is 0.000000720. The molecule has 0 spiro atoms. The lowest BCUT2D eigenvalue weighted by Crippen LogP contribution is -1.75. The number of H-pyrrole nitrogens is 1. The molecule has 56 valence electrons. The zero-order valence-corrected chi connectivity index (χ0v) is 5.99. The molecule has 0 radical (unpaired) electrons. The van der Waals surface area contributed by atoms with Crippen LogP contribution in [0.15, 0.2) is 42.6 Å². The number of aromatic amines is 1. The number of hydrogen-bond acceptors (Lipinski definition) is 1. The van der Waals surface area contributed by atoms with Crippen LogP contribution in [0, 0.1) is 0 Å². The average Bonchev–Trinajstić information content (AvgIpc) is 2.58. The Labute approximate surface area is 66.4 Å². The minimum absolute atomic E-state index is 0. The topological polar surface area (TPSA) is 28.7 Å². The van der Waals surface area contributed by atoms with Crippen LogP contribution in [0.2, 0.25) is 0 Å². The summed E-state index contributed by atoms with van der Waals surface area (Å²) in [5.41, 5.74) is 2.23. The van der Waals surface area contributed by atoms with Gasteiger partial charge < -0.3 is 0 Å². The van der Waals surface area contributed by atoms with Gasteiger partial charge in [0.1, 0.15) is 0 Å². The van der Waals surface area contributed by atoms with Crippen LogP contribution in [0.3, 0.4) is 0 Å². The van der Waals surface area contributed by atoms with Crippen LogP contribution in [-0.4, -0.2) is 10.2 Å². The van der Waals surface area contributed by atoms with Gasteiger partial charge in [0.2, 0.25) is 0 Å². The Hall–Kier alpha value is -1.57. The van der Waals surface area contributed by atoms with Gasteiger partial charge in [-0.2, -0.15) is 5.10 Å². The molecule has 0 unspecified atom stereocenters. The minimum atomic E-state index is 0. The van der Waals surface area contributed by atoms with Crippen molar-refractivity contribution in [2.75, 3.05) is 0 Å². The standard InChI is InChI=1S/C9H8N2.H2/c1-2-4-8(5-3-1)9-6-7-10-11-9;/h1-7H,(H,10,11);1H. The van der Waals surface area contributed by atoms with Crippen LogP contribution >= 0.6 is 0 Å². The van der Waals surface area contributed by atoms with E-state index in [4.69, 9.17) is 0 Å². The quantitative estimate of drug-likeness (QED) is 0.657. The highest BCUT2D eigenvalue weighted by Crippen LogP contribution is 2.13. The van der Waals surface area contributed by atoms with Crippen molar-refractivity contribution >= 4 is 0 Å². The number of rotatable bonds is 1. The number of nitrogens with zero attached hydrogens (tertiary/aromatic N) is 1. The molecule has 0 atom stereocenters. The van der Waals surface area contributed by atoms with E-state index < -0.39 is 0 Å². The van der Waals surface area contributed by atoms with Crippen LogP contribution in [0.4, 0.5) is 0 Å². The molecule has 2 heteroatoms. The van der Waals surface area contributed by atoms with Crippen LogP contribution in [0.1, 0.15) is 1.43 Å². The van der Waals surface area contributed by atoms with Gasteiger partial charge in [0, 0.05) is 7.62 Å². The van der Waals surface area contributed by atoms with Gasteiger partial charge in [-0.1, -0.05) is 30.3 Å². The molecule has 1 aromatic carbocycles. The second-order valence-electron chi connectivity index (χ2n) is 2.34. The average molecular weight is 146 g/mol. The molecular weight excluding hydrogens is 136 g/mol. The van der Waals surface area contributed by atoms with E-state index >= 15 is 0 Å². The summed E-state index contributed by atoms with van der Waals surface area (Å²) in [6.07, 6.45) is 1.75. The molecule has 0 saturated heterocycles. The second kappa shape index (κ2) is 2.58. The summed E-state index contributed by atoms with van der Waals surface area (Å²) in [4.78, 5) is 0. The molecule has 0 fully saturated rings. The number of aromatic nitrogens is 2. The fourth-order valence-corrected chi connectivity index (χ4v) is 1.03. The molecule has 1 aromatic heterocycles. The van der Waals surface area contributed by atoms with Crippen LogP contribution < -0.4 is 0 Å². The SMILES string of the molecule is [HH].c1ccc(-c2ccn[nH]2)cc1. The number of hydrogen-bond donors (Lipinski definition) is 1. The molecule has 0 aliphatic rings. The van der Waals surface area contributed by atoms with Crippen molar-refractivity contribution in [3.05, 3.63) is 42.6 Å². The maximum Gasteiger partial charge on any atom is 0.0650 e. The third-order valence-electron chi connectivity index (χ3n) is 1.59. The van der Waals surface area contributed by atoms with Crippen molar-refractivity contribution in [3.63, 3.8) is 0 Å². The monoisotopic (exact) mass is 146 g/mol. The lowest BCUT2D eigenvalue weighted by atomic mass is 10.2. The molecule has 2 nitrogen and oxygen atoms in total. The van der Waals surface area contributed by atoms with Gasteiger partial charge in [0.05, 0.1) is 5.69 Å². The van der Waals surface area contributed by atoms with E-state index in [1.165, 1.54) is 5.56 Å². The molecule has 0 aliphatic carbocycles. The molecule has 11 heavy (non-hydrogen) atoms. The summed E-state index contributed by atoms with van der Waals surface area (Å²) in [7, 11) is 0. The highest BCUT2D eigenvalue weighted by atomic mass is 15.1. The molecule has 2 rings (SSSR count). The first-order valence-electron chi connectivity index (χ1n) is 3.51. The fourth-order valence-electron chi connectivity index (χ4n) is 1.03. The van der Waals surface area contributed by atoms with Gasteiger partial charge in [0.15, 0.2) is 0 Å². The highest BCUT2D eigenvalue weighted by molar-refractivity contribution is 5.57. The Morgan fingerprint density at radius 1 is 1.09 bits per heavy atom. The first-order chi connectivity index (χ1) is 5.47. The third kappa shape index (κ3) is 1.15. The Morgan fingerprint density at radius 2 is 1.91 bits per heavy atom. The molecule has 0 saturated carbocycles. The highest BCUT2D eigenvalue weighted by Gasteiger charge is 1.94. The third-order valence-corrected chi connectivity index (χ3v) is 1.59. The van der Waals surface area contributed by atoms with E-state index in [1.807, 2.05) is 36.4 Å². The minimum Gasteiger partial charge on any atom is -0.278 e. The maximum absolute atomic E-state index is 3.87. The van der Waals surface area contributed by atoms with Crippen LogP contribution in [0.5, 0.6) is 0 Å². The van der Waals surface area contributed by atoms with Crippen LogP contribution in [0.25, 0.3) is 11.3 Å². The normalized spacial score (nSPS) is 9.82. The van der Waals surface area contributed by atoms with E-state index in [2.05, 4.69) is 10.2 Å². The van der Waals surface area contributed by atoms with E-state index in [1.54, 1.807) is 6.20 Å². The molecule has 0 aliphatic heterocycles. The maximum atomic E-state index is 3.87. The van der Waals surface area contributed by atoms with E-state index in [-0.39, 0.29) is 1.43 Å². The van der Waals surface area contributed by atoms with Gasteiger partial charge in [-0.3, -0.25) is 5.10 Å². The zero-order chi connectivity index (χ0) is 7.52. The summed E-state index contributed by atoms with van der Waals surface area (Å²) in [5, 5.41) is 6.78. The summed E-state index contributed by atoms with van der Waals surface area (Å²) in [6, 6.07) is 12.1. The number of benzene rings is 1. The van der Waals surface area contributed by atoms with Gasteiger partial charge in [0.25, 0.3) is 0 Å². The molecular formula is C9H10N2. The largest absolute Gasteiger partial charge is 0.278 e. The Bertz CT molecular complexity index is 316. The Morgan fingerprint density at radius 3 is 2.55 bits per heavy atom. The fraction of sp³-hybridized carbons (Fsp3) is 0. The molecule has 1 heterocycles. The predicted octanol–water partition coefficient (Wildman–Crippen LogP) is 2.32. The molecule has 2 aromatic rings. The van der Waals surface area contributed by atoms with Crippen molar-refractivity contribution < 1.29 is 1.43 Å². The summed E-state index contributed by atoms with van der Waals surface area (Å²) >= 11 is 0. The zero-order valence-electron chi connectivity index (χ0n) is 5.99. The summed E-state index contributed by atoms with van der Waals surface area (Å²) in [5.74, 6) is 0. The first kappa shape index (κ1) is 6.16. The van der Waals surface area contributed by atoms with Gasteiger partial charge in [-0.25, -0.2) is 0 Å². The molecule has 0 bridgehead atoms. The lowest BCUT2D eigenvalue weighted by Gasteiger charge is -1.93. The predicted molar refractivity (Wildman–Crippen MR) is 46.1 cm³/mol. The van der Waals surface area contributed by atoms with Gasteiger partial charge in [-0.05, 0) is 11.6 Å². The van der Waals surface area contributed by atoms with Crippen molar-refractivity contribution in [3.8, 4) is 11.3 Å². The van der Waals surface area contributed by atoms with E-state index in [9.17, 15) is 0 Å². The van der Waals surface area contributed by atoms with E-state index in [0.29, 0.717) is 0 Å². The van der Waals surface area contributed by atoms with Gasteiger partial charge in [-0.15, -0.1) is 0 Å². The van der Waals surface area contributed by atoms with Crippen molar-refractivity contribution in [2.24, 2.45) is 0 Å². The summed E-state index contributed by atoms with van der Waals surface area (Å²) < 4.78 is 0. The van der Waals surface area contributed by atoms with Gasteiger partial charge >= 0.3 is 0 Å². The van der Waals surface area contributed by atoms with Crippen molar-refractivity contribution in [2.45, 2.75) is 0 Å². The molecule has 1 N–H and O–H groups in total. The second-order valence-corrected chi connectivity index (χ2v) is 2.34. The Kier molecular flexibility index (Phi) is 1.44. The number of nitrogens with one attached hydrogen (secondary N) is 1. The smallest absolute Gasteiger partial charge is 0.0650 e. The lowest BCUT2D eigenvalue weighted by molar-refractivity contribution is 1.10. The van der Waals surface area contributed by atoms with E-state index in [0.717, 1.165) is 5.69 Å². The van der Waals surface area contributed by atoms with Crippen LogP contribution in [-0.2, 0) is 0 Å².